The molecule has 2 aromatic rings. The third-order valence-corrected chi connectivity index (χ3v) is 3.12. The summed E-state index contributed by atoms with van der Waals surface area (Å²) in [6.07, 6.45) is -0.184. The number of hydrogen-bond donors (Lipinski definition) is 0. The van der Waals surface area contributed by atoms with Crippen LogP contribution in [-0.2, 0) is 6.42 Å². The van der Waals surface area contributed by atoms with Crippen molar-refractivity contribution in [2.45, 2.75) is 20.3 Å². The van der Waals surface area contributed by atoms with Gasteiger partial charge in [-0.2, -0.15) is 0 Å². The number of carbonyl (C=O) groups is 1. The zero-order valence-electron chi connectivity index (χ0n) is 11.1. The molecule has 0 aromatic heterocycles. The van der Waals surface area contributed by atoms with Gasteiger partial charge in [-0.1, -0.05) is 6.07 Å². The van der Waals surface area contributed by atoms with Crippen LogP contribution in [0.4, 0.5) is 13.2 Å². The van der Waals surface area contributed by atoms with Crippen molar-refractivity contribution in [3.05, 3.63) is 70.0 Å². The van der Waals surface area contributed by atoms with E-state index in [1.54, 1.807) is 13.8 Å². The summed E-state index contributed by atoms with van der Waals surface area (Å²) in [6.45, 7) is 3.13. The van der Waals surface area contributed by atoms with Gasteiger partial charge in [0.2, 0.25) is 0 Å². The Kier molecular flexibility index (Phi) is 3.93. The van der Waals surface area contributed by atoms with Crippen molar-refractivity contribution in [2.75, 3.05) is 0 Å². The topological polar surface area (TPSA) is 17.1 Å². The molecular formula is C16H13F3O. The number of aryl methyl sites for hydroxylation is 2. The van der Waals surface area contributed by atoms with E-state index in [0.717, 1.165) is 12.1 Å². The van der Waals surface area contributed by atoms with E-state index in [9.17, 15) is 18.0 Å². The summed E-state index contributed by atoms with van der Waals surface area (Å²) >= 11 is 0. The first-order valence-electron chi connectivity index (χ1n) is 6.12. The molecule has 0 aliphatic heterocycles. The second-order valence-corrected chi connectivity index (χ2v) is 4.76. The molecule has 0 atom stereocenters. The largest absolute Gasteiger partial charge is 0.294 e. The molecule has 0 fully saturated rings. The van der Waals surface area contributed by atoms with Crippen LogP contribution < -0.4 is 0 Å². The monoisotopic (exact) mass is 278 g/mol. The summed E-state index contributed by atoms with van der Waals surface area (Å²) in [7, 11) is 0. The Labute approximate surface area is 115 Å². The minimum absolute atomic E-state index is 0.121. The lowest BCUT2D eigenvalue weighted by Crippen LogP contribution is -2.07. The summed E-state index contributed by atoms with van der Waals surface area (Å²) in [6, 6.07) is 5.96. The molecule has 2 aromatic carbocycles. The average Bonchev–Trinajstić information content (AvgIpc) is 2.38. The first-order chi connectivity index (χ1) is 9.38. The van der Waals surface area contributed by atoms with Gasteiger partial charge in [0.05, 0.1) is 0 Å². The maximum atomic E-state index is 13.5. The smallest absolute Gasteiger partial charge is 0.167 e. The molecule has 1 nitrogen and oxygen atoms in total. The van der Waals surface area contributed by atoms with Crippen molar-refractivity contribution in [3.63, 3.8) is 0 Å². The average molecular weight is 278 g/mol. The van der Waals surface area contributed by atoms with E-state index in [2.05, 4.69) is 0 Å². The van der Waals surface area contributed by atoms with Gasteiger partial charge in [-0.05, 0) is 48.7 Å². The molecule has 0 saturated carbocycles. The summed E-state index contributed by atoms with van der Waals surface area (Å²) in [5.41, 5.74) is 1.18. The van der Waals surface area contributed by atoms with Gasteiger partial charge in [0.25, 0.3) is 0 Å². The molecular weight excluding hydrogens is 265 g/mol. The van der Waals surface area contributed by atoms with E-state index in [1.165, 1.54) is 18.2 Å². The Morgan fingerprint density at radius 2 is 1.60 bits per heavy atom. The second-order valence-electron chi connectivity index (χ2n) is 4.76. The SMILES string of the molecule is Cc1cc(C(=O)Cc2ccc(F)cc2F)cc(C)c1F. The molecule has 20 heavy (non-hydrogen) atoms. The summed E-state index contributed by atoms with van der Waals surface area (Å²) < 4.78 is 39.8. The standard InChI is InChI=1S/C16H13F3O/c1-9-5-12(6-10(2)16(9)19)15(20)7-11-3-4-13(17)8-14(11)18/h3-6,8H,7H2,1-2H3. The van der Waals surface area contributed by atoms with E-state index < -0.39 is 11.6 Å². The van der Waals surface area contributed by atoms with Crippen LogP contribution in [0.15, 0.2) is 30.3 Å². The van der Waals surface area contributed by atoms with Crippen LogP contribution in [-0.4, -0.2) is 5.78 Å². The molecule has 0 heterocycles. The molecule has 0 unspecified atom stereocenters. The van der Waals surface area contributed by atoms with Crippen LogP contribution in [0.25, 0.3) is 0 Å². The number of Topliss-reactive ketones (excluding diaryl/α,β-unsaturated/α-hetero) is 1. The molecule has 0 bridgehead atoms. The molecule has 104 valence electrons. The summed E-state index contributed by atoms with van der Waals surface area (Å²) in [4.78, 5) is 12.1. The minimum Gasteiger partial charge on any atom is -0.294 e. The van der Waals surface area contributed by atoms with Crippen molar-refractivity contribution in [1.29, 1.82) is 0 Å². The van der Waals surface area contributed by atoms with Gasteiger partial charge in [-0.25, -0.2) is 13.2 Å². The molecule has 0 radical (unpaired) electrons. The van der Waals surface area contributed by atoms with Crippen LogP contribution >= 0.6 is 0 Å². The van der Waals surface area contributed by atoms with Gasteiger partial charge < -0.3 is 0 Å². The van der Waals surface area contributed by atoms with Crippen molar-refractivity contribution in [1.82, 2.24) is 0 Å². The van der Waals surface area contributed by atoms with E-state index in [4.69, 9.17) is 0 Å². The van der Waals surface area contributed by atoms with Gasteiger partial charge in [-0.15, -0.1) is 0 Å². The molecule has 0 aliphatic carbocycles. The number of rotatable bonds is 3. The zero-order chi connectivity index (χ0) is 14.9. The predicted molar refractivity (Wildman–Crippen MR) is 70.3 cm³/mol. The lowest BCUT2D eigenvalue weighted by Gasteiger charge is -2.07. The number of carbonyl (C=O) groups excluding carboxylic acids is 1. The Morgan fingerprint density at radius 3 is 2.15 bits per heavy atom. The Hall–Kier alpha value is -2.10. The molecule has 2 rings (SSSR count). The molecule has 0 spiro atoms. The van der Waals surface area contributed by atoms with Crippen LogP contribution in [0.2, 0.25) is 0 Å². The third kappa shape index (κ3) is 2.90. The van der Waals surface area contributed by atoms with E-state index in [0.29, 0.717) is 16.7 Å². The van der Waals surface area contributed by atoms with Crippen LogP contribution in [0.1, 0.15) is 27.0 Å². The Morgan fingerprint density at radius 1 is 1.00 bits per heavy atom. The maximum absolute atomic E-state index is 13.5. The Bertz CT molecular complexity index is 654. The number of hydrogen-bond acceptors (Lipinski definition) is 1. The first kappa shape index (κ1) is 14.3. The van der Waals surface area contributed by atoms with Crippen molar-refractivity contribution in [2.24, 2.45) is 0 Å². The second kappa shape index (κ2) is 5.49. The molecule has 0 aliphatic rings. The van der Waals surface area contributed by atoms with Crippen LogP contribution in [0.3, 0.4) is 0 Å². The molecule has 0 N–H and O–H groups in total. The van der Waals surface area contributed by atoms with Gasteiger partial charge in [0.1, 0.15) is 17.5 Å². The molecule has 0 saturated heterocycles. The molecule has 0 amide bonds. The van der Waals surface area contributed by atoms with E-state index in [-0.39, 0.29) is 23.6 Å². The van der Waals surface area contributed by atoms with E-state index in [1.807, 2.05) is 0 Å². The van der Waals surface area contributed by atoms with Crippen molar-refractivity contribution in [3.8, 4) is 0 Å². The normalized spacial score (nSPS) is 10.7. The quantitative estimate of drug-likeness (QED) is 0.771. The highest BCUT2D eigenvalue weighted by molar-refractivity contribution is 5.97. The predicted octanol–water partition coefficient (Wildman–Crippen LogP) is 4.15. The summed E-state index contributed by atoms with van der Waals surface area (Å²) in [5.74, 6) is -2.13. The fourth-order valence-corrected chi connectivity index (χ4v) is 2.05. The van der Waals surface area contributed by atoms with Gasteiger partial charge in [-0.3, -0.25) is 4.79 Å². The van der Waals surface area contributed by atoms with E-state index >= 15 is 0 Å². The highest BCUT2D eigenvalue weighted by Crippen LogP contribution is 2.18. The fourth-order valence-electron chi connectivity index (χ4n) is 2.05. The number of ketones is 1. The summed E-state index contributed by atoms with van der Waals surface area (Å²) in [5, 5.41) is 0. The van der Waals surface area contributed by atoms with Gasteiger partial charge in [0.15, 0.2) is 5.78 Å². The Balaban J connectivity index is 2.28. The van der Waals surface area contributed by atoms with Crippen LogP contribution in [0.5, 0.6) is 0 Å². The number of benzene rings is 2. The lowest BCUT2D eigenvalue weighted by atomic mass is 9.99. The maximum Gasteiger partial charge on any atom is 0.167 e. The highest BCUT2D eigenvalue weighted by atomic mass is 19.1. The first-order valence-corrected chi connectivity index (χ1v) is 6.12. The third-order valence-electron chi connectivity index (χ3n) is 3.12. The lowest BCUT2D eigenvalue weighted by molar-refractivity contribution is 0.0991. The van der Waals surface area contributed by atoms with Gasteiger partial charge in [0, 0.05) is 18.1 Å². The van der Waals surface area contributed by atoms with Crippen molar-refractivity contribution < 1.29 is 18.0 Å². The highest BCUT2D eigenvalue weighted by Gasteiger charge is 2.14. The van der Waals surface area contributed by atoms with Crippen molar-refractivity contribution >= 4 is 5.78 Å². The number of halogens is 3. The minimum atomic E-state index is -0.756. The van der Waals surface area contributed by atoms with Gasteiger partial charge >= 0.3 is 0 Å². The fraction of sp³-hybridized carbons (Fsp3) is 0.188. The molecule has 4 heteroatoms. The zero-order valence-corrected chi connectivity index (χ0v) is 11.1. The van der Waals surface area contributed by atoms with Crippen LogP contribution in [0, 0.1) is 31.3 Å².